The maximum absolute atomic E-state index is 10.2. The van der Waals surface area contributed by atoms with Gasteiger partial charge in [-0.05, 0) is 24.3 Å². The molecule has 0 fully saturated rings. The Morgan fingerprint density at radius 3 is 2.23 bits per heavy atom. The monoisotopic (exact) mass is 211 g/mol. The van der Waals surface area contributed by atoms with E-state index in [1.165, 1.54) is 24.3 Å². The second-order valence-corrected chi connectivity index (χ2v) is 3.25. The average molecular weight is 211 g/mol. The molecule has 0 heterocycles. The number of hydrogen-bond acceptors (Lipinski definition) is 4. The van der Waals surface area contributed by atoms with Gasteiger partial charge in [0.1, 0.15) is 5.75 Å². The summed E-state index contributed by atoms with van der Waals surface area (Å²) in [6, 6.07) is 5.61. The zero-order valence-electron chi connectivity index (χ0n) is 7.01. The largest absolute Gasteiger partial charge is 1.00 e. The average Bonchev–Trinajstić information content (AvgIpc) is 1.91. The topological polar surface area (TPSA) is 95.6 Å². The van der Waals surface area contributed by atoms with Gasteiger partial charge >= 0.3 is 37.4 Å². The van der Waals surface area contributed by atoms with E-state index in [0.717, 1.165) is 0 Å². The fourth-order valence-electron chi connectivity index (χ4n) is 0.662. The first-order valence-corrected chi connectivity index (χ1v) is 4.56. The Morgan fingerprint density at radius 2 is 1.85 bits per heavy atom. The fourth-order valence-corrected chi connectivity index (χ4v) is 1.05. The van der Waals surface area contributed by atoms with Crippen LogP contribution < -0.4 is 44.7 Å². The Labute approximate surface area is 97.4 Å². The van der Waals surface area contributed by atoms with Crippen molar-refractivity contribution in [2.75, 3.05) is 5.73 Å². The maximum atomic E-state index is 10.2. The molecule has 0 aliphatic carbocycles. The fraction of sp³-hybridized carbons (Fsp3) is 0. The molecule has 7 heteroatoms. The summed E-state index contributed by atoms with van der Waals surface area (Å²) in [6.45, 7) is 0. The molecule has 0 aromatic heterocycles. The third kappa shape index (κ3) is 5.31. The van der Waals surface area contributed by atoms with E-state index in [4.69, 9.17) is 10.6 Å². The van der Waals surface area contributed by atoms with Crippen LogP contribution in [-0.4, -0.2) is 4.89 Å². The van der Waals surface area contributed by atoms with Crippen molar-refractivity contribution in [2.24, 2.45) is 0 Å². The van der Waals surface area contributed by atoms with Gasteiger partial charge in [-0.2, -0.15) is 0 Å². The van der Waals surface area contributed by atoms with Gasteiger partial charge in [0.25, 0.3) is 0 Å². The van der Waals surface area contributed by atoms with Gasteiger partial charge in [-0.15, -0.1) is 0 Å². The van der Waals surface area contributed by atoms with E-state index in [0.29, 0.717) is 5.69 Å². The third-order valence-corrected chi connectivity index (χ3v) is 1.54. The van der Waals surface area contributed by atoms with Crippen LogP contribution in [0.25, 0.3) is 0 Å². The van der Waals surface area contributed by atoms with Crippen molar-refractivity contribution in [3.05, 3.63) is 24.3 Å². The van der Waals surface area contributed by atoms with E-state index in [2.05, 4.69) is 4.52 Å². The van der Waals surface area contributed by atoms with Crippen molar-refractivity contribution in [3.8, 4) is 5.75 Å². The summed E-state index contributed by atoms with van der Waals surface area (Å²) in [5.41, 5.74) is 5.81. The van der Waals surface area contributed by atoms with Crippen LogP contribution in [0.3, 0.4) is 0 Å². The molecule has 5 nitrogen and oxygen atoms in total. The first kappa shape index (κ1) is 13.0. The molecule has 0 bridgehead atoms. The quantitative estimate of drug-likeness (QED) is 0.311. The Kier molecular flexibility index (Phi) is 4.99. The van der Waals surface area contributed by atoms with Gasteiger partial charge in [0, 0.05) is 5.69 Å². The standard InChI is InChI=1S/C6H8NO4P.Na/c7-5-1-3-6(4-2-5)11-12(8,9)10;/h1-4H,7H2,(H2,8,9,10);/q;+1/p-1. The molecule has 1 unspecified atom stereocenters. The van der Waals surface area contributed by atoms with Crippen molar-refractivity contribution in [3.63, 3.8) is 0 Å². The first-order chi connectivity index (χ1) is 5.47. The predicted octanol–water partition coefficient (Wildman–Crippen LogP) is -2.89. The summed E-state index contributed by atoms with van der Waals surface area (Å²) in [5, 5.41) is 0. The van der Waals surface area contributed by atoms with E-state index in [9.17, 15) is 9.46 Å². The van der Waals surface area contributed by atoms with Crippen LogP contribution in [-0.2, 0) is 4.57 Å². The molecule has 0 aliphatic rings. The molecule has 66 valence electrons. The molecule has 0 radical (unpaired) electrons. The smallest absolute Gasteiger partial charge is 0.746 e. The van der Waals surface area contributed by atoms with Crippen LogP contribution >= 0.6 is 7.82 Å². The molecule has 1 aromatic rings. The minimum absolute atomic E-state index is 0. The van der Waals surface area contributed by atoms with E-state index < -0.39 is 7.82 Å². The van der Waals surface area contributed by atoms with Crippen molar-refractivity contribution < 1.29 is 48.4 Å². The zero-order valence-corrected chi connectivity index (χ0v) is 9.90. The summed E-state index contributed by atoms with van der Waals surface area (Å²) in [7, 11) is -4.69. The normalized spacial score (nSPS) is 14.0. The summed E-state index contributed by atoms with van der Waals surface area (Å²) >= 11 is 0. The number of anilines is 1. The van der Waals surface area contributed by atoms with Gasteiger partial charge in [0.05, 0.1) is 0 Å². The van der Waals surface area contributed by atoms with Crippen molar-refractivity contribution in [1.29, 1.82) is 0 Å². The summed E-state index contributed by atoms with van der Waals surface area (Å²) in [5.74, 6) is 0.0324. The predicted molar refractivity (Wildman–Crippen MR) is 41.3 cm³/mol. The van der Waals surface area contributed by atoms with Crippen LogP contribution in [0.4, 0.5) is 5.69 Å². The minimum atomic E-state index is -4.69. The van der Waals surface area contributed by atoms with Crippen molar-refractivity contribution in [2.45, 2.75) is 0 Å². The summed E-state index contributed by atoms with van der Waals surface area (Å²) in [6.07, 6.45) is 0. The van der Waals surface area contributed by atoms with Crippen molar-refractivity contribution in [1.82, 2.24) is 0 Å². The number of nitrogen functional groups attached to an aromatic ring is 1. The van der Waals surface area contributed by atoms with E-state index >= 15 is 0 Å². The molecule has 0 saturated heterocycles. The molecule has 1 rings (SSSR count). The molecule has 3 N–H and O–H groups in total. The minimum Gasteiger partial charge on any atom is -0.746 e. The molecule has 13 heavy (non-hydrogen) atoms. The van der Waals surface area contributed by atoms with Gasteiger partial charge in [-0.1, -0.05) is 0 Å². The molecule has 0 amide bonds. The Bertz CT molecular complexity index is 309. The Hall–Kier alpha value is -0.0300. The number of benzene rings is 1. The second kappa shape index (κ2) is 5.00. The SMILES string of the molecule is Nc1ccc(OP(=O)([O-])O)cc1.[Na+]. The van der Waals surface area contributed by atoms with Gasteiger partial charge in [0.15, 0.2) is 0 Å². The van der Waals surface area contributed by atoms with E-state index in [1.54, 1.807) is 0 Å². The number of phosphoric acid groups is 1. The van der Waals surface area contributed by atoms with E-state index in [-0.39, 0.29) is 35.3 Å². The number of nitrogens with two attached hydrogens (primary N) is 1. The van der Waals surface area contributed by atoms with Gasteiger partial charge in [-0.3, -0.25) is 4.57 Å². The van der Waals surface area contributed by atoms with Crippen molar-refractivity contribution >= 4 is 13.5 Å². The number of rotatable bonds is 2. The maximum Gasteiger partial charge on any atom is 1.00 e. The number of hydrogen-bond donors (Lipinski definition) is 2. The van der Waals surface area contributed by atoms with Gasteiger partial charge in [0.2, 0.25) is 0 Å². The van der Waals surface area contributed by atoms with Crippen LogP contribution in [0.15, 0.2) is 24.3 Å². The molecular formula is C6H7NNaO4P. The molecule has 0 saturated carbocycles. The summed E-state index contributed by atoms with van der Waals surface area (Å²) in [4.78, 5) is 18.5. The number of phosphoric ester groups is 1. The van der Waals surface area contributed by atoms with Gasteiger partial charge < -0.3 is 20.0 Å². The molecule has 1 atom stereocenters. The van der Waals surface area contributed by atoms with Crippen LogP contribution in [0, 0.1) is 0 Å². The molecule has 0 spiro atoms. The Morgan fingerprint density at radius 1 is 1.38 bits per heavy atom. The molecular weight excluding hydrogens is 204 g/mol. The van der Waals surface area contributed by atoms with Crippen LogP contribution in [0.1, 0.15) is 0 Å². The third-order valence-electron chi connectivity index (χ3n) is 1.10. The first-order valence-electron chi connectivity index (χ1n) is 3.06. The zero-order chi connectivity index (χ0) is 9.19. The summed E-state index contributed by atoms with van der Waals surface area (Å²) < 4.78 is 14.4. The van der Waals surface area contributed by atoms with Gasteiger partial charge in [-0.25, -0.2) is 0 Å². The van der Waals surface area contributed by atoms with Crippen LogP contribution in [0.5, 0.6) is 5.75 Å². The second-order valence-electron chi connectivity index (χ2n) is 2.13. The Balaban J connectivity index is 0.00000144. The molecule has 0 aliphatic heterocycles. The molecule has 1 aromatic carbocycles. The van der Waals surface area contributed by atoms with Crippen LogP contribution in [0.2, 0.25) is 0 Å². The van der Waals surface area contributed by atoms with E-state index in [1.807, 2.05) is 0 Å².